The predicted octanol–water partition coefficient (Wildman–Crippen LogP) is 3.12. The molecule has 0 fully saturated rings. The summed E-state index contributed by atoms with van der Waals surface area (Å²) in [6.07, 6.45) is 5.04. The molecule has 4 nitrogen and oxygen atoms in total. The summed E-state index contributed by atoms with van der Waals surface area (Å²) in [4.78, 5) is 4.05. The van der Waals surface area contributed by atoms with Gasteiger partial charge in [-0.05, 0) is 13.0 Å². The molecule has 0 spiro atoms. The van der Waals surface area contributed by atoms with Crippen LogP contribution < -0.4 is 0 Å². The van der Waals surface area contributed by atoms with Crippen molar-refractivity contribution in [2.45, 2.75) is 12.8 Å². The van der Waals surface area contributed by atoms with Gasteiger partial charge >= 0.3 is 0 Å². The van der Waals surface area contributed by atoms with Gasteiger partial charge < -0.3 is 14.3 Å². The average molecular weight is 252 g/mol. The summed E-state index contributed by atoms with van der Waals surface area (Å²) in [7, 11) is 0. The number of aryl methyl sites for hydroxylation is 1. The van der Waals surface area contributed by atoms with Crippen LogP contribution in [0.2, 0.25) is 5.15 Å². The molecule has 1 N–H and O–H groups in total. The average Bonchev–Trinajstić information content (AvgIpc) is 2.94. The van der Waals surface area contributed by atoms with Crippen molar-refractivity contribution in [3.05, 3.63) is 35.2 Å². The Labute approximate surface area is 102 Å². The molecule has 17 heavy (non-hydrogen) atoms. The highest BCUT2D eigenvalue weighted by Crippen LogP contribution is 2.39. The van der Waals surface area contributed by atoms with Gasteiger partial charge in [-0.2, -0.15) is 0 Å². The van der Waals surface area contributed by atoms with Gasteiger partial charge in [0.05, 0.1) is 28.6 Å². The van der Waals surface area contributed by atoms with Crippen molar-refractivity contribution >= 4 is 22.4 Å². The standard InChI is InChI=1S/C12H10ClNO3/c1-6-10(15)9-8(12(13)14-6)5-17-11(9)7-2-3-16-4-7/h2-3,5,7,15H,4H2,1H3. The van der Waals surface area contributed by atoms with Crippen LogP contribution in [-0.4, -0.2) is 16.7 Å². The molecule has 0 saturated heterocycles. The number of pyridine rings is 1. The smallest absolute Gasteiger partial charge is 0.148 e. The number of ether oxygens (including phenoxy) is 1. The molecule has 5 heteroatoms. The molecule has 0 bridgehead atoms. The SMILES string of the molecule is Cc1nc(Cl)c2coc(C3C=COC3)c2c1O. The van der Waals surface area contributed by atoms with Crippen molar-refractivity contribution in [3.8, 4) is 5.75 Å². The zero-order chi connectivity index (χ0) is 12.0. The molecule has 3 rings (SSSR count). The topological polar surface area (TPSA) is 55.5 Å². The van der Waals surface area contributed by atoms with Crippen LogP contribution in [0.3, 0.4) is 0 Å². The van der Waals surface area contributed by atoms with Gasteiger partial charge in [0.25, 0.3) is 0 Å². The number of nitrogens with zero attached hydrogens (tertiary/aromatic N) is 1. The maximum atomic E-state index is 10.1. The fourth-order valence-corrected chi connectivity index (χ4v) is 2.28. The largest absolute Gasteiger partial charge is 0.505 e. The summed E-state index contributed by atoms with van der Waals surface area (Å²) >= 11 is 6.02. The Balaban J connectivity index is 2.30. The monoisotopic (exact) mass is 251 g/mol. The molecular formula is C12H10ClNO3. The molecule has 1 aliphatic rings. The maximum Gasteiger partial charge on any atom is 0.148 e. The van der Waals surface area contributed by atoms with E-state index in [1.165, 1.54) is 6.26 Å². The molecule has 3 heterocycles. The van der Waals surface area contributed by atoms with Crippen LogP contribution in [0, 0.1) is 6.92 Å². The Bertz CT molecular complexity index is 618. The minimum Gasteiger partial charge on any atom is -0.505 e. The van der Waals surface area contributed by atoms with E-state index in [0.29, 0.717) is 34.0 Å². The first-order valence-corrected chi connectivity index (χ1v) is 5.60. The Morgan fingerprint density at radius 2 is 2.35 bits per heavy atom. The lowest BCUT2D eigenvalue weighted by Gasteiger charge is -2.06. The summed E-state index contributed by atoms with van der Waals surface area (Å²) in [5.74, 6) is 0.795. The molecule has 0 amide bonds. The third kappa shape index (κ3) is 1.48. The molecule has 1 unspecified atom stereocenters. The highest BCUT2D eigenvalue weighted by atomic mass is 35.5. The van der Waals surface area contributed by atoms with Crippen molar-refractivity contribution in [2.75, 3.05) is 6.61 Å². The van der Waals surface area contributed by atoms with E-state index in [1.54, 1.807) is 13.2 Å². The third-order valence-corrected chi connectivity index (χ3v) is 3.19. The van der Waals surface area contributed by atoms with E-state index in [-0.39, 0.29) is 11.7 Å². The van der Waals surface area contributed by atoms with Crippen LogP contribution in [0.15, 0.2) is 23.0 Å². The summed E-state index contributed by atoms with van der Waals surface area (Å²) < 4.78 is 10.7. The van der Waals surface area contributed by atoms with Gasteiger partial charge in [0.15, 0.2) is 0 Å². The first kappa shape index (κ1) is 10.5. The van der Waals surface area contributed by atoms with Gasteiger partial charge in [0, 0.05) is 0 Å². The summed E-state index contributed by atoms with van der Waals surface area (Å²) in [6.45, 7) is 2.22. The van der Waals surface area contributed by atoms with E-state index in [2.05, 4.69) is 4.98 Å². The molecule has 2 aromatic heterocycles. The molecule has 88 valence electrons. The maximum absolute atomic E-state index is 10.1. The number of rotatable bonds is 1. The first-order chi connectivity index (χ1) is 8.18. The van der Waals surface area contributed by atoms with Gasteiger partial charge in [-0.25, -0.2) is 4.98 Å². The van der Waals surface area contributed by atoms with E-state index in [0.717, 1.165) is 0 Å². The summed E-state index contributed by atoms with van der Waals surface area (Å²) in [5.41, 5.74) is 0.494. The molecule has 0 aromatic carbocycles. The van der Waals surface area contributed by atoms with Gasteiger partial charge in [0.2, 0.25) is 0 Å². The molecule has 2 aromatic rings. The van der Waals surface area contributed by atoms with Crippen LogP contribution in [0.4, 0.5) is 0 Å². The van der Waals surface area contributed by atoms with Crippen molar-refractivity contribution in [3.63, 3.8) is 0 Å². The molecular weight excluding hydrogens is 242 g/mol. The Kier molecular flexibility index (Phi) is 2.26. The lowest BCUT2D eigenvalue weighted by atomic mass is 10.0. The first-order valence-electron chi connectivity index (χ1n) is 5.23. The van der Waals surface area contributed by atoms with Crippen molar-refractivity contribution < 1.29 is 14.3 Å². The molecule has 0 radical (unpaired) electrons. The van der Waals surface area contributed by atoms with Crippen molar-refractivity contribution in [2.24, 2.45) is 0 Å². The van der Waals surface area contributed by atoms with Crippen molar-refractivity contribution in [1.29, 1.82) is 0 Å². The lowest BCUT2D eigenvalue weighted by Crippen LogP contribution is -1.96. The summed E-state index contributed by atoms with van der Waals surface area (Å²) in [5, 5.41) is 11.7. The highest BCUT2D eigenvalue weighted by molar-refractivity contribution is 6.34. The fraction of sp³-hybridized carbons (Fsp3) is 0.250. The second kappa shape index (κ2) is 3.67. The minimum absolute atomic E-state index is 0.0104. The quantitative estimate of drug-likeness (QED) is 0.791. The Morgan fingerprint density at radius 1 is 1.53 bits per heavy atom. The van der Waals surface area contributed by atoms with Crippen LogP contribution in [-0.2, 0) is 4.74 Å². The molecule has 1 atom stereocenters. The normalized spacial score (nSPS) is 18.8. The van der Waals surface area contributed by atoms with Crippen LogP contribution in [0.25, 0.3) is 10.8 Å². The van der Waals surface area contributed by atoms with Crippen LogP contribution >= 0.6 is 11.6 Å². The number of fused-ring (bicyclic) bond motifs is 1. The summed E-state index contributed by atoms with van der Waals surface area (Å²) in [6, 6.07) is 0. The fourth-order valence-electron chi connectivity index (χ4n) is 2.01. The Morgan fingerprint density at radius 3 is 3.06 bits per heavy atom. The number of furan rings is 1. The minimum atomic E-state index is 0.0104. The van der Waals surface area contributed by atoms with Gasteiger partial charge in [-0.3, -0.25) is 0 Å². The number of aromatic nitrogens is 1. The molecule has 0 aliphatic carbocycles. The van der Waals surface area contributed by atoms with Crippen LogP contribution in [0.5, 0.6) is 5.75 Å². The Hall–Kier alpha value is -1.68. The third-order valence-electron chi connectivity index (χ3n) is 2.91. The van der Waals surface area contributed by atoms with E-state index < -0.39 is 0 Å². The van der Waals surface area contributed by atoms with E-state index in [9.17, 15) is 5.11 Å². The molecule has 0 saturated carbocycles. The highest BCUT2D eigenvalue weighted by Gasteiger charge is 2.24. The molecule has 1 aliphatic heterocycles. The zero-order valence-electron chi connectivity index (χ0n) is 9.11. The van der Waals surface area contributed by atoms with Gasteiger partial charge in [-0.15, -0.1) is 0 Å². The number of hydrogen-bond donors (Lipinski definition) is 1. The zero-order valence-corrected chi connectivity index (χ0v) is 9.86. The predicted molar refractivity (Wildman–Crippen MR) is 63.3 cm³/mol. The number of hydrogen-bond acceptors (Lipinski definition) is 4. The second-order valence-electron chi connectivity index (χ2n) is 3.99. The van der Waals surface area contributed by atoms with Crippen LogP contribution in [0.1, 0.15) is 17.4 Å². The van der Waals surface area contributed by atoms with E-state index >= 15 is 0 Å². The lowest BCUT2D eigenvalue weighted by molar-refractivity contribution is 0.261. The van der Waals surface area contributed by atoms with E-state index in [4.69, 9.17) is 20.8 Å². The number of halogens is 1. The van der Waals surface area contributed by atoms with E-state index in [1.807, 2.05) is 6.08 Å². The second-order valence-corrected chi connectivity index (χ2v) is 4.35. The van der Waals surface area contributed by atoms with Crippen molar-refractivity contribution in [1.82, 2.24) is 4.98 Å². The number of aromatic hydroxyl groups is 1. The van der Waals surface area contributed by atoms with Gasteiger partial charge in [0.1, 0.15) is 29.5 Å². The van der Waals surface area contributed by atoms with Gasteiger partial charge in [-0.1, -0.05) is 11.6 Å².